The van der Waals surface area contributed by atoms with E-state index in [0.717, 1.165) is 13.1 Å². The second-order valence-corrected chi connectivity index (χ2v) is 5.47. The van der Waals surface area contributed by atoms with Gasteiger partial charge in [-0.05, 0) is 17.5 Å². The molecule has 3 heterocycles. The maximum atomic E-state index is 4.50. The lowest BCUT2D eigenvalue weighted by Gasteiger charge is -2.23. The zero-order valence-electron chi connectivity index (χ0n) is 10.1. The fourth-order valence-corrected chi connectivity index (χ4v) is 2.40. The first-order chi connectivity index (χ1) is 7.57. The summed E-state index contributed by atoms with van der Waals surface area (Å²) in [5.74, 6) is 0. The smallest absolute Gasteiger partial charge is 0.0884 e. The molecule has 16 heavy (non-hydrogen) atoms. The summed E-state index contributed by atoms with van der Waals surface area (Å²) in [7, 11) is 0. The van der Waals surface area contributed by atoms with Crippen LogP contribution in [0.3, 0.4) is 0 Å². The van der Waals surface area contributed by atoms with Gasteiger partial charge in [0.15, 0.2) is 0 Å². The molecule has 2 aromatic heterocycles. The Bertz CT molecular complexity index is 526. The lowest BCUT2D eigenvalue weighted by atomic mass is 9.86. The number of fused-ring (bicyclic) bond motifs is 3. The standard InChI is InChI=1S/C13H17N3/c1-13(2,3)10-9-14-16-8-7-15-6-4-5-11(15)12(10)16/h4-6,9H,7-8H2,1-3H3. The van der Waals surface area contributed by atoms with Crippen molar-refractivity contribution >= 4 is 0 Å². The summed E-state index contributed by atoms with van der Waals surface area (Å²) >= 11 is 0. The van der Waals surface area contributed by atoms with E-state index in [1.54, 1.807) is 0 Å². The molecule has 0 atom stereocenters. The molecule has 84 valence electrons. The van der Waals surface area contributed by atoms with Crippen LogP contribution in [0.25, 0.3) is 11.4 Å². The third kappa shape index (κ3) is 1.24. The third-order valence-corrected chi connectivity index (χ3v) is 3.27. The van der Waals surface area contributed by atoms with E-state index in [4.69, 9.17) is 0 Å². The molecule has 0 fully saturated rings. The van der Waals surface area contributed by atoms with E-state index in [1.807, 2.05) is 6.20 Å². The zero-order chi connectivity index (χ0) is 11.3. The van der Waals surface area contributed by atoms with Crippen molar-refractivity contribution in [3.8, 4) is 11.4 Å². The molecule has 3 nitrogen and oxygen atoms in total. The second kappa shape index (κ2) is 3.00. The number of hydrogen-bond acceptors (Lipinski definition) is 1. The van der Waals surface area contributed by atoms with Crippen molar-refractivity contribution in [2.24, 2.45) is 0 Å². The van der Waals surface area contributed by atoms with Crippen LogP contribution < -0.4 is 0 Å². The van der Waals surface area contributed by atoms with Crippen LogP contribution in [0.4, 0.5) is 0 Å². The molecule has 0 unspecified atom stereocenters. The van der Waals surface area contributed by atoms with Crippen molar-refractivity contribution in [2.45, 2.75) is 39.3 Å². The van der Waals surface area contributed by atoms with Gasteiger partial charge in [-0.1, -0.05) is 20.8 Å². The van der Waals surface area contributed by atoms with Gasteiger partial charge >= 0.3 is 0 Å². The monoisotopic (exact) mass is 215 g/mol. The summed E-state index contributed by atoms with van der Waals surface area (Å²) in [6.45, 7) is 8.74. The minimum absolute atomic E-state index is 0.153. The van der Waals surface area contributed by atoms with Crippen molar-refractivity contribution in [3.05, 3.63) is 30.1 Å². The fourth-order valence-electron chi connectivity index (χ4n) is 2.40. The Hall–Kier alpha value is -1.51. The first-order valence-electron chi connectivity index (χ1n) is 5.79. The van der Waals surface area contributed by atoms with Crippen LogP contribution in [0.5, 0.6) is 0 Å². The normalized spacial score (nSPS) is 14.7. The average molecular weight is 215 g/mol. The van der Waals surface area contributed by atoms with Crippen LogP contribution in [0.2, 0.25) is 0 Å². The van der Waals surface area contributed by atoms with Gasteiger partial charge in [0, 0.05) is 18.3 Å². The highest BCUT2D eigenvalue weighted by Crippen LogP contribution is 2.34. The molecule has 0 radical (unpaired) electrons. The summed E-state index contributed by atoms with van der Waals surface area (Å²) in [4.78, 5) is 0. The van der Waals surface area contributed by atoms with Crippen molar-refractivity contribution in [1.82, 2.24) is 14.3 Å². The largest absolute Gasteiger partial charge is 0.344 e. The quantitative estimate of drug-likeness (QED) is 0.662. The van der Waals surface area contributed by atoms with Crippen molar-refractivity contribution in [3.63, 3.8) is 0 Å². The van der Waals surface area contributed by atoms with Gasteiger partial charge in [-0.3, -0.25) is 4.68 Å². The maximum Gasteiger partial charge on any atom is 0.0884 e. The number of aromatic nitrogens is 3. The summed E-state index contributed by atoms with van der Waals surface area (Å²) in [5.41, 5.74) is 4.09. The molecule has 0 saturated heterocycles. The summed E-state index contributed by atoms with van der Waals surface area (Å²) in [5, 5.41) is 4.50. The molecule has 0 aliphatic carbocycles. The predicted molar refractivity (Wildman–Crippen MR) is 64.4 cm³/mol. The van der Waals surface area contributed by atoms with Gasteiger partial charge < -0.3 is 4.57 Å². The molecule has 0 aromatic carbocycles. The van der Waals surface area contributed by atoms with E-state index in [2.05, 4.69) is 53.4 Å². The molecule has 1 aliphatic heterocycles. The highest BCUT2D eigenvalue weighted by Gasteiger charge is 2.26. The third-order valence-electron chi connectivity index (χ3n) is 3.27. The van der Waals surface area contributed by atoms with Gasteiger partial charge in [0.2, 0.25) is 0 Å². The van der Waals surface area contributed by atoms with Crippen molar-refractivity contribution in [2.75, 3.05) is 0 Å². The average Bonchev–Trinajstić information content (AvgIpc) is 2.81. The number of aryl methyl sites for hydroxylation is 2. The Morgan fingerprint density at radius 2 is 2.06 bits per heavy atom. The van der Waals surface area contributed by atoms with E-state index >= 15 is 0 Å². The zero-order valence-corrected chi connectivity index (χ0v) is 10.1. The van der Waals surface area contributed by atoms with E-state index in [-0.39, 0.29) is 5.41 Å². The highest BCUT2D eigenvalue weighted by molar-refractivity contribution is 5.62. The minimum atomic E-state index is 0.153. The SMILES string of the molecule is CC(C)(C)c1cnn2c1-c1cccn1CC2. The molecule has 0 bridgehead atoms. The highest BCUT2D eigenvalue weighted by atomic mass is 15.3. The van der Waals surface area contributed by atoms with Crippen molar-refractivity contribution < 1.29 is 0 Å². The first kappa shape index (κ1) is 9.70. The Labute approximate surface area is 95.7 Å². The lowest BCUT2D eigenvalue weighted by molar-refractivity contribution is 0.510. The van der Waals surface area contributed by atoms with Crippen LogP contribution >= 0.6 is 0 Å². The Morgan fingerprint density at radius 3 is 2.81 bits per heavy atom. The van der Waals surface area contributed by atoms with Crippen LogP contribution in [-0.4, -0.2) is 14.3 Å². The number of hydrogen-bond donors (Lipinski definition) is 0. The molecule has 0 spiro atoms. The molecule has 1 aliphatic rings. The van der Waals surface area contributed by atoms with Crippen LogP contribution in [0, 0.1) is 0 Å². The summed E-state index contributed by atoms with van der Waals surface area (Å²) in [6, 6.07) is 4.30. The van der Waals surface area contributed by atoms with Crippen LogP contribution in [0.15, 0.2) is 24.5 Å². The topological polar surface area (TPSA) is 22.8 Å². The van der Waals surface area contributed by atoms with Gasteiger partial charge in [-0.2, -0.15) is 5.10 Å². The Morgan fingerprint density at radius 1 is 1.25 bits per heavy atom. The number of nitrogens with zero attached hydrogens (tertiary/aromatic N) is 3. The molecule has 0 amide bonds. The molecule has 2 aromatic rings. The summed E-state index contributed by atoms with van der Waals surface area (Å²) in [6.07, 6.45) is 4.18. The Kier molecular flexibility index (Phi) is 1.82. The molecule has 3 rings (SSSR count). The molecule has 0 N–H and O–H groups in total. The predicted octanol–water partition coefficient (Wildman–Crippen LogP) is 2.66. The van der Waals surface area contributed by atoms with Gasteiger partial charge in [0.1, 0.15) is 0 Å². The fraction of sp³-hybridized carbons (Fsp3) is 0.462. The van der Waals surface area contributed by atoms with Gasteiger partial charge in [0.25, 0.3) is 0 Å². The second-order valence-electron chi connectivity index (χ2n) is 5.47. The Balaban J connectivity index is 2.26. The summed E-state index contributed by atoms with van der Waals surface area (Å²) < 4.78 is 4.45. The molecule has 0 saturated carbocycles. The minimum Gasteiger partial charge on any atom is -0.344 e. The lowest BCUT2D eigenvalue weighted by Crippen LogP contribution is -2.19. The van der Waals surface area contributed by atoms with E-state index in [1.165, 1.54) is 17.0 Å². The van der Waals surface area contributed by atoms with E-state index in [9.17, 15) is 0 Å². The van der Waals surface area contributed by atoms with Crippen LogP contribution in [0.1, 0.15) is 26.3 Å². The molecule has 3 heteroatoms. The van der Waals surface area contributed by atoms with E-state index in [0.29, 0.717) is 0 Å². The van der Waals surface area contributed by atoms with E-state index < -0.39 is 0 Å². The molecular formula is C13H17N3. The van der Waals surface area contributed by atoms with Crippen molar-refractivity contribution in [1.29, 1.82) is 0 Å². The van der Waals surface area contributed by atoms with Gasteiger partial charge in [-0.25, -0.2) is 0 Å². The van der Waals surface area contributed by atoms with Gasteiger partial charge in [0.05, 0.1) is 24.1 Å². The number of rotatable bonds is 0. The molecular weight excluding hydrogens is 198 g/mol. The van der Waals surface area contributed by atoms with Gasteiger partial charge in [-0.15, -0.1) is 0 Å². The first-order valence-corrected chi connectivity index (χ1v) is 5.79. The maximum absolute atomic E-state index is 4.50. The van der Waals surface area contributed by atoms with Crippen LogP contribution in [-0.2, 0) is 18.5 Å².